The summed E-state index contributed by atoms with van der Waals surface area (Å²) in [5, 5.41) is 5.08. The van der Waals surface area contributed by atoms with Crippen molar-refractivity contribution in [2.45, 2.75) is 19.4 Å². The van der Waals surface area contributed by atoms with E-state index in [1.807, 2.05) is 23.3 Å². The summed E-state index contributed by atoms with van der Waals surface area (Å²) in [7, 11) is 1.69. The summed E-state index contributed by atoms with van der Waals surface area (Å²) in [5.41, 5.74) is 1.78. The molecule has 1 N–H and O–H groups in total. The van der Waals surface area contributed by atoms with Gasteiger partial charge in [0.05, 0.1) is 29.1 Å². The number of hydrogen-bond donors (Lipinski definition) is 1. The van der Waals surface area contributed by atoms with Gasteiger partial charge in [0.1, 0.15) is 5.82 Å². The van der Waals surface area contributed by atoms with Crippen LogP contribution in [0.25, 0.3) is 10.2 Å². The molecule has 0 aliphatic carbocycles. The van der Waals surface area contributed by atoms with Gasteiger partial charge in [-0.2, -0.15) is 0 Å². The van der Waals surface area contributed by atoms with Crippen molar-refractivity contribution < 1.29 is 13.9 Å². The molecule has 31 heavy (non-hydrogen) atoms. The summed E-state index contributed by atoms with van der Waals surface area (Å²) >= 11 is 1.45. The van der Waals surface area contributed by atoms with Crippen LogP contribution in [0, 0.1) is 5.82 Å². The fourth-order valence-corrected chi connectivity index (χ4v) is 4.40. The SMILES string of the molecule is COCCCN1CCN(C(=O)c2nc(N[C@@H](C)c3cncc(F)c3)nc3ccsc23)C1. The number of rotatable bonds is 8. The molecular weight excluding hydrogens is 419 g/mol. The Balaban J connectivity index is 1.53. The quantitative estimate of drug-likeness (QED) is 0.535. The Morgan fingerprint density at radius 2 is 2.23 bits per heavy atom. The number of anilines is 1. The predicted octanol–water partition coefficient (Wildman–Crippen LogP) is 3.15. The minimum absolute atomic E-state index is 0.104. The number of amides is 1. The molecule has 4 heterocycles. The number of fused-ring (bicyclic) bond motifs is 1. The third kappa shape index (κ3) is 4.97. The smallest absolute Gasteiger partial charge is 0.275 e. The van der Waals surface area contributed by atoms with E-state index in [-0.39, 0.29) is 11.9 Å². The minimum atomic E-state index is -0.402. The van der Waals surface area contributed by atoms with Crippen molar-refractivity contribution in [1.29, 1.82) is 0 Å². The second-order valence-corrected chi connectivity index (χ2v) is 8.42. The number of halogens is 1. The molecule has 1 atom stereocenters. The molecular formula is C21H25FN6O2S. The lowest BCUT2D eigenvalue weighted by atomic mass is 10.1. The lowest BCUT2D eigenvalue weighted by molar-refractivity contribution is 0.0759. The van der Waals surface area contributed by atoms with Gasteiger partial charge in [0, 0.05) is 39.5 Å². The van der Waals surface area contributed by atoms with Gasteiger partial charge in [-0.15, -0.1) is 11.3 Å². The maximum Gasteiger partial charge on any atom is 0.275 e. The fraction of sp³-hybridized carbons (Fsp3) is 0.429. The van der Waals surface area contributed by atoms with Gasteiger partial charge in [-0.25, -0.2) is 14.4 Å². The van der Waals surface area contributed by atoms with Gasteiger partial charge >= 0.3 is 0 Å². The van der Waals surface area contributed by atoms with Crippen molar-refractivity contribution >= 4 is 33.4 Å². The Morgan fingerprint density at radius 3 is 3.03 bits per heavy atom. The minimum Gasteiger partial charge on any atom is -0.385 e. The molecule has 8 nitrogen and oxygen atoms in total. The molecule has 1 amide bonds. The average molecular weight is 445 g/mol. The van der Waals surface area contributed by atoms with Gasteiger partial charge in [0.15, 0.2) is 5.69 Å². The van der Waals surface area contributed by atoms with Crippen LogP contribution in [0.1, 0.15) is 35.4 Å². The number of methoxy groups -OCH3 is 1. The first-order chi connectivity index (χ1) is 15.0. The lowest BCUT2D eigenvalue weighted by Gasteiger charge is -2.19. The predicted molar refractivity (Wildman–Crippen MR) is 118 cm³/mol. The highest BCUT2D eigenvalue weighted by molar-refractivity contribution is 7.17. The standard InChI is InChI=1S/C21H25FN6O2S/c1-14(15-10-16(22)12-23-11-15)24-21-25-17-4-9-31-19(17)18(26-21)20(29)28-7-6-27(13-28)5-3-8-30-2/h4,9-12,14H,3,5-8,13H2,1-2H3,(H,24,25,26)/t14-/m0/s1. The van der Waals surface area contributed by atoms with Gasteiger partial charge in [-0.1, -0.05) is 0 Å². The topological polar surface area (TPSA) is 83.5 Å². The van der Waals surface area contributed by atoms with Gasteiger partial charge in [0.2, 0.25) is 5.95 Å². The van der Waals surface area contributed by atoms with Crippen molar-refractivity contribution in [2.75, 3.05) is 45.3 Å². The molecule has 0 aromatic carbocycles. The van der Waals surface area contributed by atoms with Crippen molar-refractivity contribution in [2.24, 2.45) is 0 Å². The van der Waals surface area contributed by atoms with Crippen LogP contribution in [0.4, 0.5) is 10.3 Å². The number of hydrogen-bond acceptors (Lipinski definition) is 8. The average Bonchev–Trinajstić information content (AvgIpc) is 3.42. The van der Waals surface area contributed by atoms with Crippen LogP contribution in [-0.2, 0) is 4.74 Å². The Hall–Kier alpha value is -2.69. The Labute approximate surface area is 184 Å². The maximum absolute atomic E-state index is 13.5. The van der Waals surface area contributed by atoms with Crippen molar-refractivity contribution in [3.63, 3.8) is 0 Å². The zero-order valence-corrected chi connectivity index (χ0v) is 18.4. The largest absolute Gasteiger partial charge is 0.385 e. The van der Waals surface area contributed by atoms with Crippen molar-refractivity contribution in [3.05, 3.63) is 47.0 Å². The monoisotopic (exact) mass is 444 g/mol. The van der Waals surface area contributed by atoms with E-state index in [9.17, 15) is 9.18 Å². The van der Waals surface area contributed by atoms with E-state index in [1.54, 1.807) is 13.3 Å². The van der Waals surface area contributed by atoms with Crippen molar-refractivity contribution in [3.8, 4) is 0 Å². The van der Waals surface area contributed by atoms with Gasteiger partial charge in [-0.3, -0.25) is 14.7 Å². The third-order valence-electron chi connectivity index (χ3n) is 5.24. The number of pyridine rings is 1. The van der Waals surface area contributed by atoms with E-state index in [4.69, 9.17) is 4.74 Å². The number of thiophene rings is 1. The highest BCUT2D eigenvalue weighted by Crippen LogP contribution is 2.27. The van der Waals surface area contributed by atoms with Crippen LogP contribution in [0.5, 0.6) is 0 Å². The van der Waals surface area contributed by atoms with Gasteiger partial charge < -0.3 is 15.0 Å². The Morgan fingerprint density at radius 1 is 1.35 bits per heavy atom. The normalized spacial score (nSPS) is 15.5. The van der Waals surface area contributed by atoms with Crippen LogP contribution < -0.4 is 5.32 Å². The molecule has 1 aliphatic heterocycles. The summed E-state index contributed by atoms with van der Waals surface area (Å²) in [4.78, 5) is 30.3. The molecule has 0 spiro atoms. The van der Waals surface area contributed by atoms with E-state index in [2.05, 4.69) is 25.2 Å². The maximum atomic E-state index is 13.5. The number of carbonyl (C=O) groups excluding carboxylic acids is 1. The zero-order valence-electron chi connectivity index (χ0n) is 17.5. The van der Waals surface area contributed by atoms with Crippen LogP contribution in [-0.4, -0.2) is 70.7 Å². The first-order valence-electron chi connectivity index (χ1n) is 10.2. The molecule has 0 bridgehead atoms. The first-order valence-corrected chi connectivity index (χ1v) is 11.1. The third-order valence-corrected chi connectivity index (χ3v) is 6.16. The first kappa shape index (κ1) is 21.5. The van der Waals surface area contributed by atoms with E-state index < -0.39 is 5.82 Å². The summed E-state index contributed by atoms with van der Waals surface area (Å²) < 4.78 is 19.4. The van der Waals surface area contributed by atoms with Crippen LogP contribution in [0.3, 0.4) is 0 Å². The molecule has 0 radical (unpaired) electrons. The molecule has 10 heteroatoms. The van der Waals surface area contributed by atoms with Gasteiger partial charge in [0.25, 0.3) is 5.91 Å². The van der Waals surface area contributed by atoms with E-state index in [1.165, 1.54) is 17.4 Å². The molecule has 3 aromatic heterocycles. The molecule has 0 saturated carbocycles. The Bertz CT molecular complexity index is 1060. The molecule has 3 aromatic rings. The second kappa shape index (κ2) is 9.63. The second-order valence-electron chi connectivity index (χ2n) is 7.51. The number of ether oxygens (including phenoxy) is 1. The molecule has 0 unspecified atom stereocenters. The van der Waals surface area contributed by atoms with Crippen LogP contribution in [0.15, 0.2) is 29.9 Å². The molecule has 164 valence electrons. The number of carbonyl (C=O) groups is 1. The molecule has 1 fully saturated rings. The van der Waals surface area contributed by atoms with Crippen LogP contribution >= 0.6 is 11.3 Å². The summed E-state index contributed by atoms with van der Waals surface area (Å²) in [6.45, 7) is 5.55. The highest BCUT2D eigenvalue weighted by Gasteiger charge is 2.28. The van der Waals surface area contributed by atoms with Crippen molar-refractivity contribution in [1.82, 2.24) is 24.8 Å². The Kier molecular flexibility index (Phi) is 6.69. The highest BCUT2D eigenvalue weighted by atomic mass is 32.1. The summed E-state index contributed by atoms with van der Waals surface area (Å²) in [6.07, 6.45) is 3.69. The molecule has 4 rings (SSSR count). The van der Waals surface area contributed by atoms with Gasteiger partial charge in [-0.05, 0) is 36.4 Å². The molecule has 1 aliphatic rings. The fourth-order valence-electron chi connectivity index (χ4n) is 3.59. The molecule has 1 saturated heterocycles. The number of aromatic nitrogens is 3. The van der Waals surface area contributed by atoms with E-state index in [0.717, 1.165) is 30.4 Å². The van der Waals surface area contributed by atoms with E-state index >= 15 is 0 Å². The number of nitrogens with zero attached hydrogens (tertiary/aromatic N) is 5. The van der Waals surface area contributed by atoms with E-state index in [0.29, 0.717) is 42.5 Å². The summed E-state index contributed by atoms with van der Waals surface area (Å²) in [6, 6.07) is 3.02. The summed E-state index contributed by atoms with van der Waals surface area (Å²) in [5.74, 6) is -0.172. The van der Waals surface area contributed by atoms with Crippen LogP contribution in [0.2, 0.25) is 0 Å². The number of nitrogens with one attached hydrogen (secondary N) is 1. The lowest BCUT2D eigenvalue weighted by Crippen LogP contribution is -2.32. The zero-order chi connectivity index (χ0) is 21.8.